The van der Waals surface area contributed by atoms with Crippen molar-refractivity contribution >= 4 is 5.91 Å². The number of epoxide rings is 1. The fourth-order valence-electron chi connectivity index (χ4n) is 1.46. The summed E-state index contributed by atoms with van der Waals surface area (Å²) in [7, 11) is 0. The predicted molar refractivity (Wildman–Crippen MR) is 35.5 cm³/mol. The van der Waals surface area contributed by atoms with E-state index in [1.54, 1.807) is 0 Å². The molecule has 0 bridgehead atoms. The third kappa shape index (κ3) is 0.736. The monoisotopic (exact) mass is 141 g/mol. The molecule has 3 heteroatoms. The van der Waals surface area contributed by atoms with E-state index in [2.05, 4.69) is 6.92 Å². The standard InChI is InChI=1S/C7H11NO2/c1-2-3-8-4-5-6(10-5)7(8)9/h5-6H,2-4H2,1H3. The molecule has 2 heterocycles. The zero-order valence-electron chi connectivity index (χ0n) is 6.04. The number of ether oxygens (including phenoxy) is 1. The number of morpholine rings is 1. The van der Waals surface area contributed by atoms with Gasteiger partial charge < -0.3 is 9.64 Å². The van der Waals surface area contributed by atoms with E-state index >= 15 is 0 Å². The highest BCUT2D eigenvalue weighted by Gasteiger charge is 2.53. The first-order chi connectivity index (χ1) is 4.83. The van der Waals surface area contributed by atoms with E-state index < -0.39 is 0 Å². The first-order valence-electron chi connectivity index (χ1n) is 3.77. The second kappa shape index (κ2) is 1.95. The van der Waals surface area contributed by atoms with Crippen LogP contribution < -0.4 is 0 Å². The van der Waals surface area contributed by atoms with Crippen LogP contribution in [0.25, 0.3) is 0 Å². The van der Waals surface area contributed by atoms with Gasteiger partial charge in [-0.1, -0.05) is 6.92 Å². The zero-order chi connectivity index (χ0) is 7.14. The van der Waals surface area contributed by atoms with E-state index in [1.807, 2.05) is 4.90 Å². The Labute approximate surface area is 60.0 Å². The average Bonchev–Trinajstić information content (AvgIpc) is 2.60. The van der Waals surface area contributed by atoms with Crippen LogP contribution in [0.4, 0.5) is 0 Å². The second-order valence-electron chi connectivity index (χ2n) is 2.88. The SMILES string of the molecule is CCCN1CC2OC2C1=O. The molecule has 0 radical (unpaired) electrons. The summed E-state index contributed by atoms with van der Waals surface area (Å²) in [5.74, 6) is 0.201. The van der Waals surface area contributed by atoms with E-state index in [1.165, 1.54) is 0 Å². The smallest absolute Gasteiger partial charge is 0.254 e. The van der Waals surface area contributed by atoms with Crippen LogP contribution in [-0.4, -0.2) is 36.1 Å². The van der Waals surface area contributed by atoms with E-state index in [0.29, 0.717) is 0 Å². The molecule has 2 unspecified atom stereocenters. The third-order valence-corrected chi connectivity index (χ3v) is 2.03. The van der Waals surface area contributed by atoms with Gasteiger partial charge in [0.25, 0.3) is 5.91 Å². The molecule has 2 saturated heterocycles. The van der Waals surface area contributed by atoms with Gasteiger partial charge in [-0.15, -0.1) is 0 Å². The van der Waals surface area contributed by atoms with Gasteiger partial charge in [-0.2, -0.15) is 0 Å². The summed E-state index contributed by atoms with van der Waals surface area (Å²) in [6, 6.07) is 0. The zero-order valence-corrected chi connectivity index (χ0v) is 6.04. The Morgan fingerprint density at radius 1 is 1.80 bits per heavy atom. The lowest BCUT2D eigenvalue weighted by molar-refractivity contribution is -0.131. The van der Waals surface area contributed by atoms with Crippen molar-refractivity contribution in [2.45, 2.75) is 25.6 Å². The van der Waals surface area contributed by atoms with Crippen molar-refractivity contribution in [3.05, 3.63) is 0 Å². The average molecular weight is 141 g/mol. The number of carbonyl (C=O) groups is 1. The third-order valence-electron chi connectivity index (χ3n) is 2.03. The summed E-state index contributed by atoms with van der Waals surface area (Å²) in [5.41, 5.74) is 0. The van der Waals surface area contributed by atoms with Crippen LogP contribution >= 0.6 is 0 Å². The van der Waals surface area contributed by atoms with Crippen molar-refractivity contribution in [2.24, 2.45) is 0 Å². The maximum atomic E-state index is 11.1. The maximum absolute atomic E-state index is 11.1. The molecule has 1 amide bonds. The number of fused-ring (bicyclic) bond motifs is 1. The lowest BCUT2D eigenvalue weighted by atomic mass is 10.4. The quantitative estimate of drug-likeness (QED) is 0.507. The van der Waals surface area contributed by atoms with E-state index in [4.69, 9.17) is 4.74 Å². The van der Waals surface area contributed by atoms with E-state index in [9.17, 15) is 4.79 Å². The fraction of sp³-hybridized carbons (Fsp3) is 0.857. The Hall–Kier alpha value is -0.570. The van der Waals surface area contributed by atoms with Gasteiger partial charge in [0.05, 0.1) is 6.54 Å². The molecule has 2 rings (SSSR count). The Morgan fingerprint density at radius 2 is 2.60 bits per heavy atom. The summed E-state index contributed by atoms with van der Waals surface area (Å²) < 4.78 is 5.05. The molecule has 3 nitrogen and oxygen atoms in total. The van der Waals surface area contributed by atoms with Crippen molar-refractivity contribution in [3.8, 4) is 0 Å². The van der Waals surface area contributed by atoms with Crippen LogP contribution in [0.1, 0.15) is 13.3 Å². The minimum Gasteiger partial charge on any atom is -0.357 e. The predicted octanol–water partition coefficient (Wildman–Crippen LogP) is 0.00600. The number of carbonyl (C=O) groups excluding carboxylic acids is 1. The highest BCUT2D eigenvalue weighted by molar-refractivity contribution is 5.86. The molecule has 2 aliphatic heterocycles. The number of hydrogen-bond donors (Lipinski definition) is 0. The molecule has 56 valence electrons. The first-order valence-corrected chi connectivity index (χ1v) is 3.77. The van der Waals surface area contributed by atoms with E-state index in [-0.39, 0.29) is 18.1 Å². The minimum atomic E-state index is -0.0495. The largest absolute Gasteiger partial charge is 0.357 e. The van der Waals surface area contributed by atoms with Crippen LogP contribution in [0, 0.1) is 0 Å². The van der Waals surface area contributed by atoms with Gasteiger partial charge in [0, 0.05) is 6.54 Å². The Kier molecular flexibility index (Phi) is 1.20. The van der Waals surface area contributed by atoms with Crippen LogP contribution in [0.2, 0.25) is 0 Å². The summed E-state index contributed by atoms with van der Waals surface area (Å²) in [6.45, 7) is 3.81. The first kappa shape index (κ1) is 6.16. The maximum Gasteiger partial charge on any atom is 0.254 e. The molecular formula is C7H11NO2. The van der Waals surface area contributed by atoms with Crippen LogP contribution in [0.3, 0.4) is 0 Å². The van der Waals surface area contributed by atoms with Crippen molar-refractivity contribution in [3.63, 3.8) is 0 Å². The van der Waals surface area contributed by atoms with Crippen molar-refractivity contribution < 1.29 is 9.53 Å². The molecule has 0 saturated carbocycles. The molecule has 0 aliphatic carbocycles. The lowest BCUT2D eigenvalue weighted by Crippen LogP contribution is -2.30. The van der Waals surface area contributed by atoms with Crippen molar-refractivity contribution in [2.75, 3.05) is 13.1 Å². The number of amides is 1. The van der Waals surface area contributed by atoms with E-state index in [0.717, 1.165) is 19.5 Å². The Bertz CT molecular complexity index is 169. The van der Waals surface area contributed by atoms with Gasteiger partial charge >= 0.3 is 0 Å². The van der Waals surface area contributed by atoms with Gasteiger partial charge in [0.15, 0.2) is 6.10 Å². The summed E-state index contributed by atoms with van der Waals surface area (Å²) >= 11 is 0. The van der Waals surface area contributed by atoms with Crippen LogP contribution in [0.5, 0.6) is 0 Å². The topological polar surface area (TPSA) is 32.8 Å². The summed E-state index contributed by atoms with van der Waals surface area (Å²) in [6.07, 6.45) is 1.25. The Morgan fingerprint density at radius 3 is 3.10 bits per heavy atom. The molecule has 0 N–H and O–H groups in total. The molecule has 10 heavy (non-hydrogen) atoms. The second-order valence-corrected chi connectivity index (χ2v) is 2.88. The molecule has 2 atom stereocenters. The molecule has 0 spiro atoms. The van der Waals surface area contributed by atoms with Gasteiger partial charge in [-0.3, -0.25) is 4.79 Å². The Balaban J connectivity index is 1.95. The molecule has 2 aliphatic rings. The van der Waals surface area contributed by atoms with Crippen molar-refractivity contribution in [1.29, 1.82) is 0 Å². The van der Waals surface area contributed by atoms with Crippen molar-refractivity contribution in [1.82, 2.24) is 4.90 Å². The summed E-state index contributed by atoms with van der Waals surface area (Å²) in [5, 5.41) is 0. The normalized spacial score (nSPS) is 36.5. The molecule has 2 fully saturated rings. The van der Waals surface area contributed by atoms with Gasteiger partial charge in [-0.05, 0) is 6.42 Å². The van der Waals surface area contributed by atoms with Crippen LogP contribution in [0.15, 0.2) is 0 Å². The molecular weight excluding hydrogens is 130 g/mol. The number of rotatable bonds is 2. The lowest BCUT2D eigenvalue weighted by Gasteiger charge is -2.15. The number of nitrogens with zero attached hydrogens (tertiary/aromatic N) is 1. The highest BCUT2D eigenvalue weighted by Crippen LogP contribution is 2.31. The van der Waals surface area contributed by atoms with Crippen LogP contribution in [-0.2, 0) is 9.53 Å². The fourth-order valence-corrected chi connectivity index (χ4v) is 1.46. The van der Waals surface area contributed by atoms with Gasteiger partial charge in [-0.25, -0.2) is 0 Å². The molecule has 0 aromatic rings. The molecule has 0 aromatic carbocycles. The number of hydrogen-bond acceptors (Lipinski definition) is 2. The molecule has 0 aromatic heterocycles. The minimum absolute atomic E-state index is 0.0495. The summed E-state index contributed by atoms with van der Waals surface area (Å²) in [4.78, 5) is 13.0. The number of likely N-dealkylation sites (tertiary alicyclic amines) is 1. The highest BCUT2D eigenvalue weighted by atomic mass is 16.6. The van der Waals surface area contributed by atoms with Gasteiger partial charge in [0.2, 0.25) is 0 Å². The van der Waals surface area contributed by atoms with Gasteiger partial charge in [0.1, 0.15) is 6.10 Å².